The van der Waals surface area contributed by atoms with E-state index in [1.807, 2.05) is 29.8 Å². The molecule has 2 aromatic carbocycles. The highest BCUT2D eigenvalue weighted by molar-refractivity contribution is 7.90. The molecule has 28 heavy (non-hydrogen) atoms. The lowest BCUT2D eigenvalue weighted by atomic mass is 10.2. The Labute approximate surface area is 180 Å². The standard InChI is InChI=1S/C12H13ClN2O3S.C7H6Cl2/c1-3-10(14-4-2)12(16)15-19(17,18)11-8-6-5-7-9(11)13;1-5-6(8)3-2-4-7(5)9/h3-8H,1-2H3,(H,15,16);2-4H,1H3/b10-3-,14-4?;. The number of allylic oxidation sites excluding steroid dienone is 1. The van der Waals surface area contributed by atoms with Crippen LogP contribution < -0.4 is 4.72 Å². The minimum absolute atomic E-state index is 0.0122. The van der Waals surface area contributed by atoms with Crippen molar-refractivity contribution in [3.05, 3.63) is 74.9 Å². The smallest absolute Gasteiger partial charge is 0.266 e. The molecule has 9 heteroatoms. The van der Waals surface area contributed by atoms with Crippen molar-refractivity contribution >= 4 is 56.9 Å². The normalized spacial score (nSPS) is 11.7. The molecule has 0 aliphatic carbocycles. The molecule has 0 aliphatic heterocycles. The van der Waals surface area contributed by atoms with Crippen molar-refractivity contribution < 1.29 is 13.2 Å². The topological polar surface area (TPSA) is 75.6 Å². The lowest BCUT2D eigenvalue weighted by molar-refractivity contribution is -0.115. The van der Waals surface area contributed by atoms with Gasteiger partial charge in [0.15, 0.2) is 0 Å². The van der Waals surface area contributed by atoms with Crippen LogP contribution in [-0.4, -0.2) is 20.5 Å². The molecule has 150 valence electrons. The maximum absolute atomic E-state index is 12.0. The first-order valence-electron chi connectivity index (χ1n) is 8.01. The molecule has 0 bridgehead atoms. The number of aliphatic imine (C=N–C) groups is 1. The average molecular weight is 462 g/mol. The van der Waals surface area contributed by atoms with Crippen molar-refractivity contribution in [3.63, 3.8) is 0 Å². The molecule has 0 spiro atoms. The summed E-state index contributed by atoms with van der Waals surface area (Å²) in [7, 11) is -4.01. The maximum Gasteiger partial charge on any atom is 0.283 e. The molecule has 0 aromatic heterocycles. The molecule has 2 aromatic rings. The van der Waals surface area contributed by atoms with Gasteiger partial charge in [-0.15, -0.1) is 0 Å². The average Bonchev–Trinajstić information content (AvgIpc) is 2.64. The first-order chi connectivity index (χ1) is 13.1. The van der Waals surface area contributed by atoms with Gasteiger partial charge in [-0.1, -0.05) is 59.1 Å². The Morgan fingerprint density at radius 3 is 1.96 bits per heavy atom. The van der Waals surface area contributed by atoms with Crippen LogP contribution in [0.25, 0.3) is 0 Å². The van der Waals surface area contributed by atoms with Gasteiger partial charge in [0, 0.05) is 16.3 Å². The predicted octanol–water partition coefficient (Wildman–Crippen LogP) is 5.44. The molecule has 0 heterocycles. The minimum Gasteiger partial charge on any atom is -0.266 e. The van der Waals surface area contributed by atoms with Gasteiger partial charge in [0.05, 0.1) is 5.02 Å². The summed E-state index contributed by atoms with van der Waals surface area (Å²) in [5.74, 6) is -0.805. The molecule has 0 unspecified atom stereocenters. The molecule has 0 saturated heterocycles. The molecule has 0 atom stereocenters. The summed E-state index contributed by atoms with van der Waals surface area (Å²) in [5, 5.41) is 1.49. The van der Waals surface area contributed by atoms with E-state index in [0.29, 0.717) is 0 Å². The number of benzene rings is 2. The largest absolute Gasteiger partial charge is 0.283 e. The zero-order valence-electron chi connectivity index (χ0n) is 15.4. The summed E-state index contributed by atoms with van der Waals surface area (Å²) in [4.78, 5) is 15.4. The molecule has 1 N–H and O–H groups in total. The van der Waals surface area contributed by atoms with Gasteiger partial charge in [-0.3, -0.25) is 9.79 Å². The van der Waals surface area contributed by atoms with Gasteiger partial charge in [0.1, 0.15) is 10.6 Å². The van der Waals surface area contributed by atoms with E-state index >= 15 is 0 Å². The van der Waals surface area contributed by atoms with Gasteiger partial charge in [-0.05, 0) is 50.6 Å². The van der Waals surface area contributed by atoms with Crippen LogP contribution in [0.3, 0.4) is 0 Å². The molecular formula is C19H19Cl3N2O3S. The highest BCUT2D eigenvalue weighted by Gasteiger charge is 2.21. The van der Waals surface area contributed by atoms with Crippen LogP contribution in [0.1, 0.15) is 19.4 Å². The van der Waals surface area contributed by atoms with Gasteiger partial charge in [0.2, 0.25) is 0 Å². The number of amides is 1. The Balaban J connectivity index is 0.000000362. The number of nitrogens with one attached hydrogen (secondary N) is 1. The lowest BCUT2D eigenvalue weighted by Gasteiger charge is -2.08. The summed E-state index contributed by atoms with van der Waals surface area (Å²) in [6, 6.07) is 11.3. The summed E-state index contributed by atoms with van der Waals surface area (Å²) < 4.78 is 25.9. The van der Waals surface area contributed by atoms with Crippen LogP contribution in [0.4, 0.5) is 0 Å². The SMILES string of the molecule is CC=N/C(=C\C)C(=O)NS(=O)(=O)c1ccccc1Cl.Cc1c(Cl)cccc1Cl. The Kier molecular flexibility index (Phi) is 9.69. The fraction of sp³-hybridized carbons (Fsp3) is 0.158. The molecule has 0 radical (unpaired) electrons. The number of rotatable bonds is 4. The Bertz CT molecular complexity index is 983. The van der Waals surface area contributed by atoms with Crippen molar-refractivity contribution in [3.8, 4) is 0 Å². The third-order valence-corrected chi connectivity index (χ3v) is 5.98. The molecule has 0 fully saturated rings. The Hall–Kier alpha value is -1.86. The zero-order valence-corrected chi connectivity index (χ0v) is 18.5. The quantitative estimate of drug-likeness (QED) is 0.486. The number of carbonyl (C=O) groups is 1. The van der Waals surface area contributed by atoms with Crippen LogP contribution >= 0.6 is 34.8 Å². The second-order valence-electron chi connectivity index (χ2n) is 5.27. The molecule has 5 nitrogen and oxygen atoms in total. The fourth-order valence-electron chi connectivity index (χ4n) is 1.88. The van der Waals surface area contributed by atoms with E-state index in [9.17, 15) is 13.2 Å². The number of nitrogens with zero attached hydrogens (tertiary/aromatic N) is 1. The van der Waals surface area contributed by atoms with E-state index in [4.69, 9.17) is 34.8 Å². The summed E-state index contributed by atoms with van der Waals surface area (Å²) in [6.07, 6.45) is 2.81. The van der Waals surface area contributed by atoms with E-state index < -0.39 is 15.9 Å². The van der Waals surface area contributed by atoms with Gasteiger partial charge < -0.3 is 0 Å². The van der Waals surface area contributed by atoms with Crippen molar-refractivity contribution in [2.24, 2.45) is 4.99 Å². The highest BCUT2D eigenvalue weighted by atomic mass is 35.5. The number of hydrogen-bond acceptors (Lipinski definition) is 4. The second kappa shape index (κ2) is 11.2. The van der Waals surface area contributed by atoms with E-state index in [1.165, 1.54) is 30.5 Å². The predicted molar refractivity (Wildman–Crippen MR) is 116 cm³/mol. The molecule has 0 saturated carbocycles. The van der Waals surface area contributed by atoms with Gasteiger partial charge in [-0.25, -0.2) is 13.1 Å². The first kappa shape index (κ1) is 24.2. The number of carbonyl (C=O) groups excluding carboxylic acids is 1. The number of halogens is 3. The van der Waals surface area contributed by atoms with Crippen LogP contribution in [0.5, 0.6) is 0 Å². The van der Waals surface area contributed by atoms with E-state index in [-0.39, 0.29) is 15.6 Å². The Morgan fingerprint density at radius 2 is 1.50 bits per heavy atom. The first-order valence-corrected chi connectivity index (χ1v) is 10.6. The molecule has 2 rings (SSSR count). The van der Waals surface area contributed by atoms with Gasteiger partial charge in [-0.2, -0.15) is 0 Å². The third-order valence-electron chi connectivity index (χ3n) is 3.33. The van der Waals surface area contributed by atoms with Crippen molar-refractivity contribution in [1.82, 2.24) is 4.72 Å². The van der Waals surface area contributed by atoms with E-state index in [1.54, 1.807) is 19.9 Å². The van der Waals surface area contributed by atoms with Crippen molar-refractivity contribution in [2.45, 2.75) is 25.7 Å². The fourth-order valence-corrected chi connectivity index (χ4v) is 3.76. The van der Waals surface area contributed by atoms with E-state index in [0.717, 1.165) is 15.6 Å². The van der Waals surface area contributed by atoms with Crippen LogP contribution in [0, 0.1) is 6.92 Å². The minimum atomic E-state index is -4.01. The van der Waals surface area contributed by atoms with Gasteiger partial charge in [0.25, 0.3) is 15.9 Å². The molecule has 1 amide bonds. The number of sulfonamides is 1. The maximum atomic E-state index is 12.0. The zero-order chi connectivity index (χ0) is 21.3. The van der Waals surface area contributed by atoms with Crippen molar-refractivity contribution in [2.75, 3.05) is 0 Å². The van der Waals surface area contributed by atoms with Crippen LogP contribution in [0.2, 0.25) is 15.1 Å². The second-order valence-corrected chi connectivity index (χ2v) is 8.15. The number of hydrogen-bond donors (Lipinski definition) is 1. The summed E-state index contributed by atoms with van der Waals surface area (Å²) >= 11 is 17.3. The molecular weight excluding hydrogens is 443 g/mol. The van der Waals surface area contributed by atoms with Crippen LogP contribution in [0.15, 0.2) is 64.1 Å². The van der Waals surface area contributed by atoms with E-state index in [2.05, 4.69) is 4.99 Å². The Morgan fingerprint density at radius 1 is 0.964 bits per heavy atom. The summed E-state index contributed by atoms with van der Waals surface area (Å²) in [6.45, 7) is 5.11. The third kappa shape index (κ3) is 6.95. The monoisotopic (exact) mass is 460 g/mol. The van der Waals surface area contributed by atoms with Gasteiger partial charge >= 0.3 is 0 Å². The summed E-state index contributed by atoms with van der Waals surface area (Å²) in [5.41, 5.74) is 0.957. The van der Waals surface area contributed by atoms with Crippen molar-refractivity contribution in [1.29, 1.82) is 0 Å². The molecule has 0 aliphatic rings. The lowest BCUT2D eigenvalue weighted by Crippen LogP contribution is -2.31. The highest BCUT2D eigenvalue weighted by Crippen LogP contribution is 2.22. The van der Waals surface area contributed by atoms with Crippen LogP contribution in [-0.2, 0) is 14.8 Å².